The molecule has 3 rings (SSSR count). The first-order chi connectivity index (χ1) is 10.3. The Morgan fingerprint density at radius 1 is 1.18 bits per heavy atom. The number of nitrogens with zero attached hydrogens (tertiary/aromatic N) is 2. The Morgan fingerprint density at radius 2 is 1.73 bits per heavy atom. The molecule has 124 valence electrons. The summed E-state index contributed by atoms with van der Waals surface area (Å²) < 4.78 is 26.6. The van der Waals surface area contributed by atoms with Crippen LogP contribution >= 0.6 is 0 Å². The molecule has 0 bridgehead atoms. The van der Waals surface area contributed by atoms with Gasteiger partial charge in [-0.15, -0.1) is 0 Å². The number of halogens is 2. The van der Waals surface area contributed by atoms with Gasteiger partial charge in [0.15, 0.2) is 0 Å². The van der Waals surface area contributed by atoms with E-state index in [9.17, 15) is 18.4 Å². The molecule has 0 aromatic rings. The zero-order chi connectivity index (χ0) is 16.1. The molecule has 3 unspecified atom stereocenters. The molecule has 5 nitrogen and oxygen atoms in total. The van der Waals surface area contributed by atoms with Crippen LogP contribution in [-0.2, 0) is 9.59 Å². The predicted molar refractivity (Wildman–Crippen MR) is 76.4 cm³/mol. The number of rotatable bonds is 4. The molecule has 2 aliphatic carbocycles. The zero-order valence-corrected chi connectivity index (χ0v) is 13.0. The SMILES string of the molecule is CC(C(=O)NC1CC1)N1CCN(C(=O)C2C(C)C2(F)F)CC1. The van der Waals surface area contributed by atoms with Crippen LogP contribution in [0.4, 0.5) is 8.78 Å². The second-order valence-electron chi connectivity index (χ2n) is 6.76. The van der Waals surface area contributed by atoms with Gasteiger partial charge >= 0.3 is 0 Å². The summed E-state index contributed by atoms with van der Waals surface area (Å²) >= 11 is 0. The van der Waals surface area contributed by atoms with Crippen LogP contribution in [0.25, 0.3) is 0 Å². The van der Waals surface area contributed by atoms with Gasteiger partial charge in [-0.3, -0.25) is 14.5 Å². The highest BCUT2D eigenvalue weighted by molar-refractivity contribution is 5.84. The van der Waals surface area contributed by atoms with Crippen molar-refractivity contribution in [1.29, 1.82) is 0 Å². The minimum Gasteiger partial charge on any atom is -0.352 e. The second-order valence-corrected chi connectivity index (χ2v) is 6.76. The molecule has 22 heavy (non-hydrogen) atoms. The number of carbonyl (C=O) groups excluding carboxylic acids is 2. The van der Waals surface area contributed by atoms with Gasteiger partial charge in [-0.25, -0.2) is 8.78 Å². The molecule has 3 fully saturated rings. The van der Waals surface area contributed by atoms with Crippen LogP contribution in [0.3, 0.4) is 0 Å². The van der Waals surface area contributed by atoms with Crippen LogP contribution in [0.2, 0.25) is 0 Å². The van der Waals surface area contributed by atoms with E-state index in [-0.39, 0.29) is 11.9 Å². The van der Waals surface area contributed by atoms with Crippen molar-refractivity contribution in [2.75, 3.05) is 26.2 Å². The van der Waals surface area contributed by atoms with Gasteiger partial charge in [0.2, 0.25) is 11.8 Å². The molecular weight excluding hydrogens is 292 g/mol. The third-order valence-electron chi connectivity index (χ3n) is 5.16. The van der Waals surface area contributed by atoms with E-state index < -0.39 is 23.7 Å². The topological polar surface area (TPSA) is 52.7 Å². The van der Waals surface area contributed by atoms with Crippen molar-refractivity contribution < 1.29 is 18.4 Å². The fourth-order valence-electron chi connectivity index (χ4n) is 3.10. The first-order valence-electron chi connectivity index (χ1n) is 8.03. The van der Waals surface area contributed by atoms with Crippen molar-refractivity contribution in [1.82, 2.24) is 15.1 Å². The molecule has 0 spiro atoms. The van der Waals surface area contributed by atoms with Gasteiger partial charge in [0, 0.05) is 38.1 Å². The van der Waals surface area contributed by atoms with E-state index in [0.717, 1.165) is 12.8 Å². The zero-order valence-electron chi connectivity index (χ0n) is 13.0. The Kier molecular flexibility index (Phi) is 3.87. The fraction of sp³-hybridized carbons (Fsp3) is 0.867. The molecule has 1 aliphatic heterocycles. The highest BCUT2D eigenvalue weighted by atomic mass is 19.3. The van der Waals surface area contributed by atoms with Crippen LogP contribution in [0.15, 0.2) is 0 Å². The largest absolute Gasteiger partial charge is 0.352 e. The maximum atomic E-state index is 13.3. The quantitative estimate of drug-likeness (QED) is 0.831. The van der Waals surface area contributed by atoms with Crippen molar-refractivity contribution in [3.63, 3.8) is 0 Å². The van der Waals surface area contributed by atoms with E-state index in [0.29, 0.717) is 32.2 Å². The predicted octanol–water partition coefficient (Wildman–Crippen LogP) is 0.699. The summed E-state index contributed by atoms with van der Waals surface area (Å²) in [5.41, 5.74) is 0. The van der Waals surface area contributed by atoms with Crippen molar-refractivity contribution in [3.05, 3.63) is 0 Å². The average Bonchev–Trinajstić information content (AvgIpc) is 3.38. The van der Waals surface area contributed by atoms with Gasteiger partial charge in [-0.05, 0) is 19.8 Å². The lowest BCUT2D eigenvalue weighted by molar-refractivity contribution is -0.137. The molecule has 2 amide bonds. The van der Waals surface area contributed by atoms with Crippen LogP contribution < -0.4 is 5.32 Å². The van der Waals surface area contributed by atoms with Crippen molar-refractivity contribution in [2.24, 2.45) is 11.8 Å². The minimum absolute atomic E-state index is 0.0182. The van der Waals surface area contributed by atoms with Gasteiger partial charge in [0.25, 0.3) is 5.92 Å². The molecule has 1 N–H and O–H groups in total. The smallest absolute Gasteiger partial charge is 0.263 e. The molecular formula is C15H23F2N3O2. The lowest BCUT2D eigenvalue weighted by Gasteiger charge is -2.37. The summed E-state index contributed by atoms with van der Waals surface area (Å²) in [6.07, 6.45) is 2.10. The maximum absolute atomic E-state index is 13.3. The number of nitrogens with one attached hydrogen (secondary N) is 1. The molecule has 3 atom stereocenters. The lowest BCUT2D eigenvalue weighted by atomic mass is 10.2. The molecule has 1 saturated heterocycles. The van der Waals surface area contributed by atoms with Crippen LogP contribution in [0, 0.1) is 11.8 Å². The molecule has 0 aromatic heterocycles. The Balaban J connectivity index is 1.48. The Labute approximate surface area is 129 Å². The standard InChI is InChI=1S/C15H23F2N3O2/c1-9-12(15(9,16)17)14(22)20-7-5-19(6-8-20)10(2)13(21)18-11-3-4-11/h9-12H,3-8H2,1-2H3,(H,18,21). The molecule has 2 saturated carbocycles. The maximum Gasteiger partial charge on any atom is 0.263 e. The van der Waals surface area contributed by atoms with E-state index in [4.69, 9.17) is 0 Å². The summed E-state index contributed by atoms with van der Waals surface area (Å²) in [5, 5.41) is 2.97. The monoisotopic (exact) mass is 315 g/mol. The molecule has 0 aromatic carbocycles. The normalized spacial score (nSPS) is 32.5. The summed E-state index contributed by atoms with van der Waals surface area (Å²) in [5.74, 6) is -5.25. The van der Waals surface area contributed by atoms with Gasteiger partial charge in [0.05, 0.1) is 6.04 Å². The van der Waals surface area contributed by atoms with E-state index in [1.54, 1.807) is 0 Å². The highest BCUT2D eigenvalue weighted by Gasteiger charge is 2.69. The number of carbonyl (C=O) groups is 2. The van der Waals surface area contributed by atoms with E-state index in [1.807, 2.05) is 11.8 Å². The number of alkyl halides is 2. The minimum atomic E-state index is -2.84. The number of amides is 2. The lowest BCUT2D eigenvalue weighted by Crippen LogP contribution is -2.55. The van der Waals surface area contributed by atoms with Crippen molar-refractivity contribution in [2.45, 2.75) is 44.7 Å². The van der Waals surface area contributed by atoms with Gasteiger partial charge < -0.3 is 10.2 Å². The second kappa shape index (κ2) is 5.44. The summed E-state index contributed by atoms with van der Waals surface area (Å²) in [4.78, 5) is 27.6. The first-order valence-corrected chi connectivity index (χ1v) is 8.03. The highest BCUT2D eigenvalue weighted by Crippen LogP contribution is 2.55. The molecule has 1 heterocycles. The third-order valence-corrected chi connectivity index (χ3v) is 5.16. The van der Waals surface area contributed by atoms with Crippen LogP contribution in [-0.4, -0.2) is 65.8 Å². The third kappa shape index (κ3) is 2.83. The fourth-order valence-corrected chi connectivity index (χ4v) is 3.10. The van der Waals surface area contributed by atoms with Gasteiger partial charge in [0.1, 0.15) is 5.92 Å². The van der Waals surface area contributed by atoms with Crippen molar-refractivity contribution >= 4 is 11.8 Å². The molecule has 3 aliphatic rings. The van der Waals surface area contributed by atoms with E-state index in [1.165, 1.54) is 11.8 Å². The summed E-state index contributed by atoms with van der Waals surface area (Å²) in [6, 6.07) is 0.0931. The first kappa shape index (κ1) is 15.6. The molecule has 7 heteroatoms. The average molecular weight is 315 g/mol. The summed E-state index contributed by atoms with van der Waals surface area (Å²) in [7, 11) is 0. The molecule has 0 radical (unpaired) electrons. The van der Waals surface area contributed by atoms with Crippen LogP contribution in [0.1, 0.15) is 26.7 Å². The Bertz CT molecular complexity index is 473. The number of hydrogen-bond acceptors (Lipinski definition) is 3. The van der Waals surface area contributed by atoms with E-state index in [2.05, 4.69) is 5.32 Å². The van der Waals surface area contributed by atoms with Crippen LogP contribution in [0.5, 0.6) is 0 Å². The Hall–Kier alpha value is -1.24. The van der Waals surface area contributed by atoms with E-state index >= 15 is 0 Å². The number of piperazine rings is 1. The van der Waals surface area contributed by atoms with Gasteiger partial charge in [-0.2, -0.15) is 0 Å². The Morgan fingerprint density at radius 3 is 2.18 bits per heavy atom. The van der Waals surface area contributed by atoms with Gasteiger partial charge in [-0.1, -0.05) is 6.92 Å². The number of hydrogen-bond donors (Lipinski definition) is 1. The van der Waals surface area contributed by atoms with Crippen molar-refractivity contribution in [3.8, 4) is 0 Å². The summed E-state index contributed by atoms with van der Waals surface area (Å²) in [6.45, 7) is 5.21.